The lowest BCUT2D eigenvalue weighted by Gasteiger charge is -2.12. The maximum absolute atomic E-state index is 12.6. The highest BCUT2D eigenvalue weighted by molar-refractivity contribution is 7.14. The van der Waals surface area contributed by atoms with Crippen LogP contribution >= 0.6 is 11.3 Å². The molecule has 3 aromatic rings. The number of amides is 1. The summed E-state index contributed by atoms with van der Waals surface area (Å²) in [4.78, 5) is 21.1. The molecule has 0 bridgehead atoms. The molecule has 1 amide bonds. The lowest BCUT2D eigenvalue weighted by atomic mass is 10.1. The van der Waals surface area contributed by atoms with Gasteiger partial charge in [-0.1, -0.05) is 13.8 Å². The molecule has 0 aliphatic carbocycles. The largest absolute Gasteiger partial charge is 0.348 e. The Bertz CT molecular complexity index is 1090. The van der Waals surface area contributed by atoms with Crippen molar-refractivity contribution < 1.29 is 4.79 Å². The summed E-state index contributed by atoms with van der Waals surface area (Å²) in [5.74, 6) is 0.0440. The second-order valence-corrected chi connectivity index (χ2v) is 8.09. The lowest BCUT2D eigenvalue weighted by Crippen LogP contribution is -2.13. The van der Waals surface area contributed by atoms with E-state index in [1.807, 2.05) is 43.5 Å². The van der Waals surface area contributed by atoms with Gasteiger partial charge in [-0.25, -0.2) is 4.98 Å². The Labute approximate surface area is 174 Å². The molecule has 0 saturated carbocycles. The van der Waals surface area contributed by atoms with Crippen LogP contribution in [0.4, 0.5) is 5.13 Å². The fourth-order valence-electron chi connectivity index (χ4n) is 3.07. The van der Waals surface area contributed by atoms with E-state index in [-0.39, 0.29) is 5.57 Å². The van der Waals surface area contributed by atoms with Crippen molar-refractivity contribution in [3.63, 3.8) is 0 Å². The number of carbonyl (C=O) groups excluding carboxylic acids is 1. The molecule has 0 unspecified atom stereocenters. The third-order valence-electron chi connectivity index (χ3n) is 4.51. The first-order valence-corrected chi connectivity index (χ1v) is 10.2. The Morgan fingerprint density at radius 2 is 2.21 bits per heavy atom. The molecule has 0 aliphatic heterocycles. The number of hydrogen-bond donors (Lipinski definition) is 1. The molecule has 0 saturated heterocycles. The van der Waals surface area contributed by atoms with Gasteiger partial charge in [0.25, 0.3) is 5.91 Å². The highest BCUT2D eigenvalue weighted by Crippen LogP contribution is 2.25. The van der Waals surface area contributed by atoms with Crippen molar-refractivity contribution in [2.75, 3.05) is 5.32 Å². The van der Waals surface area contributed by atoms with Crippen LogP contribution in [0.2, 0.25) is 0 Å². The summed E-state index contributed by atoms with van der Waals surface area (Å²) in [6.45, 7) is 9.27. The first kappa shape index (κ1) is 20.5. The molecule has 7 heteroatoms. The first-order valence-electron chi connectivity index (χ1n) is 9.34. The number of anilines is 1. The second-order valence-electron chi connectivity index (χ2n) is 7.23. The van der Waals surface area contributed by atoms with Crippen molar-refractivity contribution in [1.29, 1.82) is 5.26 Å². The minimum atomic E-state index is -0.465. The van der Waals surface area contributed by atoms with Crippen molar-refractivity contribution >= 4 is 28.5 Å². The maximum Gasteiger partial charge on any atom is 0.268 e. The van der Waals surface area contributed by atoms with E-state index >= 15 is 0 Å². The maximum atomic E-state index is 12.6. The molecule has 0 radical (unpaired) electrons. The standard InChI is InChI=1S/C22H23N5OS/c1-14(2)12-27-15(3)8-18(16(27)4)9-19(10-23)21(28)26-22-25-20(13-29-22)17-6-5-7-24-11-17/h5-9,11,13-14H,12H2,1-4H3,(H,25,26,28)/b19-9-. The molecule has 3 rings (SSSR count). The highest BCUT2D eigenvalue weighted by atomic mass is 32.1. The summed E-state index contributed by atoms with van der Waals surface area (Å²) in [7, 11) is 0. The predicted octanol–water partition coefficient (Wildman–Crippen LogP) is 4.83. The van der Waals surface area contributed by atoms with E-state index in [4.69, 9.17) is 0 Å². The molecule has 148 valence electrons. The summed E-state index contributed by atoms with van der Waals surface area (Å²) >= 11 is 1.31. The fraction of sp³-hybridized carbons (Fsp3) is 0.273. The normalized spacial score (nSPS) is 11.5. The van der Waals surface area contributed by atoms with Gasteiger partial charge in [0.05, 0.1) is 5.69 Å². The Hall–Kier alpha value is -3.24. The fourth-order valence-corrected chi connectivity index (χ4v) is 3.78. The van der Waals surface area contributed by atoms with Crippen LogP contribution in [-0.2, 0) is 11.3 Å². The average molecular weight is 406 g/mol. The Morgan fingerprint density at radius 3 is 2.86 bits per heavy atom. The third kappa shape index (κ3) is 4.79. The zero-order valence-electron chi connectivity index (χ0n) is 16.9. The van der Waals surface area contributed by atoms with E-state index in [1.165, 1.54) is 11.3 Å². The molecule has 6 nitrogen and oxygen atoms in total. The van der Waals surface area contributed by atoms with Crippen molar-refractivity contribution in [3.05, 3.63) is 58.5 Å². The van der Waals surface area contributed by atoms with E-state index in [2.05, 4.69) is 33.7 Å². The van der Waals surface area contributed by atoms with E-state index in [0.717, 1.165) is 34.8 Å². The van der Waals surface area contributed by atoms with Gasteiger partial charge in [-0.05, 0) is 49.6 Å². The monoisotopic (exact) mass is 405 g/mol. The van der Waals surface area contributed by atoms with Gasteiger partial charge in [-0.2, -0.15) is 5.26 Å². The van der Waals surface area contributed by atoms with Crippen LogP contribution in [0.5, 0.6) is 0 Å². The van der Waals surface area contributed by atoms with Crippen molar-refractivity contribution in [2.24, 2.45) is 5.92 Å². The minimum Gasteiger partial charge on any atom is -0.348 e. The van der Waals surface area contributed by atoms with Gasteiger partial charge in [0.2, 0.25) is 0 Å². The average Bonchev–Trinajstić information content (AvgIpc) is 3.26. The number of nitrogens with one attached hydrogen (secondary N) is 1. The van der Waals surface area contributed by atoms with E-state index in [0.29, 0.717) is 11.0 Å². The van der Waals surface area contributed by atoms with Crippen molar-refractivity contribution in [1.82, 2.24) is 14.5 Å². The van der Waals surface area contributed by atoms with Gasteiger partial charge in [-0.15, -0.1) is 11.3 Å². The first-order chi connectivity index (χ1) is 13.9. The van der Waals surface area contributed by atoms with Gasteiger partial charge in [0, 0.05) is 41.3 Å². The minimum absolute atomic E-state index is 0.0490. The zero-order valence-corrected chi connectivity index (χ0v) is 17.7. The summed E-state index contributed by atoms with van der Waals surface area (Å²) in [6.07, 6.45) is 5.05. The SMILES string of the molecule is Cc1cc(/C=C(/C#N)C(=O)Nc2nc(-c3cccnc3)cs2)c(C)n1CC(C)C. The number of pyridine rings is 1. The molecule has 3 heterocycles. The summed E-state index contributed by atoms with van der Waals surface area (Å²) < 4.78 is 2.21. The zero-order chi connectivity index (χ0) is 21.0. The topological polar surface area (TPSA) is 83.6 Å². The van der Waals surface area contributed by atoms with Crippen LogP contribution in [0.15, 0.2) is 41.5 Å². The molecular formula is C22H23N5OS. The molecule has 29 heavy (non-hydrogen) atoms. The highest BCUT2D eigenvalue weighted by Gasteiger charge is 2.15. The van der Waals surface area contributed by atoms with Gasteiger partial charge in [-0.3, -0.25) is 15.1 Å². The third-order valence-corrected chi connectivity index (χ3v) is 5.27. The number of nitrogens with zero attached hydrogens (tertiary/aromatic N) is 4. The van der Waals surface area contributed by atoms with Crippen LogP contribution in [0.25, 0.3) is 17.3 Å². The number of carbonyl (C=O) groups is 1. The second kappa shape index (κ2) is 8.84. The Morgan fingerprint density at radius 1 is 1.41 bits per heavy atom. The molecule has 0 aromatic carbocycles. The molecule has 0 spiro atoms. The summed E-state index contributed by atoms with van der Waals surface area (Å²) in [6, 6.07) is 7.76. The Balaban J connectivity index is 1.80. The number of aromatic nitrogens is 3. The van der Waals surface area contributed by atoms with Gasteiger partial charge < -0.3 is 4.57 Å². The Kier molecular flexibility index (Phi) is 6.25. The van der Waals surface area contributed by atoms with Crippen LogP contribution in [0.1, 0.15) is 30.8 Å². The smallest absolute Gasteiger partial charge is 0.268 e. The summed E-state index contributed by atoms with van der Waals surface area (Å²) in [5.41, 5.74) is 4.69. The quantitative estimate of drug-likeness (QED) is 0.470. The number of thiazole rings is 1. The van der Waals surface area contributed by atoms with E-state index in [1.54, 1.807) is 18.5 Å². The lowest BCUT2D eigenvalue weighted by molar-refractivity contribution is -0.112. The number of aryl methyl sites for hydroxylation is 1. The van der Waals surface area contributed by atoms with Crippen LogP contribution in [-0.4, -0.2) is 20.4 Å². The van der Waals surface area contributed by atoms with E-state index < -0.39 is 5.91 Å². The molecular weight excluding hydrogens is 382 g/mol. The van der Waals surface area contributed by atoms with Gasteiger partial charge in [0.1, 0.15) is 11.6 Å². The van der Waals surface area contributed by atoms with E-state index in [9.17, 15) is 10.1 Å². The van der Waals surface area contributed by atoms with Gasteiger partial charge in [0.15, 0.2) is 5.13 Å². The van der Waals surface area contributed by atoms with Crippen molar-refractivity contribution in [3.8, 4) is 17.3 Å². The molecule has 1 N–H and O–H groups in total. The van der Waals surface area contributed by atoms with Crippen LogP contribution < -0.4 is 5.32 Å². The molecule has 3 aromatic heterocycles. The number of hydrogen-bond acceptors (Lipinski definition) is 5. The van der Waals surface area contributed by atoms with Crippen molar-refractivity contribution in [2.45, 2.75) is 34.2 Å². The number of nitriles is 1. The molecule has 0 fully saturated rings. The van der Waals surface area contributed by atoms with Gasteiger partial charge >= 0.3 is 0 Å². The van der Waals surface area contributed by atoms with Crippen LogP contribution in [0, 0.1) is 31.1 Å². The number of rotatable bonds is 6. The molecule has 0 aliphatic rings. The summed E-state index contributed by atoms with van der Waals surface area (Å²) in [5, 5.41) is 14.5. The molecule has 0 atom stereocenters. The predicted molar refractivity (Wildman–Crippen MR) is 116 cm³/mol. The van der Waals surface area contributed by atoms with Crippen LogP contribution in [0.3, 0.4) is 0 Å².